The quantitative estimate of drug-likeness (QED) is 0.895. The minimum absolute atomic E-state index is 0.255. The van der Waals surface area contributed by atoms with Gasteiger partial charge in [-0.3, -0.25) is 0 Å². The first-order chi connectivity index (χ1) is 8.53. The molecular weight excluding hydrogens is 226 g/mol. The molecule has 1 aromatic carbocycles. The number of ether oxygens (including phenoxy) is 2. The molecule has 100 valence electrons. The van der Waals surface area contributed by atoms with Gasteiger partial charge < -0.3 is 15.2 Å². The van der Waals surface area contributed by atoms with E-state index in [9.17, 15) is 0 Å². The Morgan fingerprint density at radius 3 is 2.22 bits per heavy atom. The highest BCUT2D eigenvalue weighted by Gasteiger charge is 2.36. The fourth-order valence-corrected chi connectivity index (χ4v) is 3.07. The number of hydrogen-bond acceptors (Lipinski definition) is 3. The Labute approximate surface area is 109 Å². The summed E-state index contributed by atoms with van der Waals surface area (Å²) in [5.41, 5.74) is 9.94. The van der Waals surface area contributed by atoms with Gasteiger partial charge in [-0.25, -0.2) is 0 Å². The lowest BCUT2D eigenvalue weighted by molar-refractivity contribution is 0.336. The summed E-state index contributed by atoms with van der Waals surface area (Å²) in [6, 6.07) is 2.02. The maximum absolute atomic E-state index is 6.61. The molecule has 0 unspecified atom stereocenters. The Kier molecular flexibility index (Phi) is 3.53. The normalized spacial score (nSPS) is 17.8. The lowest BCUT2D eigenvalue weighted by Crippen LogP contribution is -2.34. The summed E-state index contributed by atoms with van der Waals surface area (Å²) in [7, 11) is 3.36. The van der Waals surface area contributed by atoms with Gasteiger partial charge in [-0.1, -0.05) is 12.8 Å². The Hall–Kier alpha value is -1.22. The molecule has 0 spiro atoms. The monoisotopic (exact) mass is 249 g/mol. The van der Waals surface area contributed by atoms with E-state index in [-0.39, 0.29) is 5.54 Å². The maximum atomic E-state index is 6.61. The van der Waals surface area contributed by atoms with Gasteiger partial charge in [0, 0.05) is 11.1 Å². The smallest absolute Gasteiger partial charge is 0.166 e. The van der Waals surface area contributed by atoms with E-state index in [0.29, 0.717) is 0 Å². The van der Waals surface area contributed by atoms with Gasteiger partial charge in [-0.2, -0.15) is 0 Å². The van der Waals surface area contributed by atoms with E-state index < -0.39 is 0 Å². The predicted octanol–water partition coefficient (Wildman–Crippen LogP) is 3.05. The first kappa shape index (κ1) is 13.2. The van der Waals surface area contributed by atoms with Crippen molar-refractivity contribution in [3.05, 3.63) is 22.8 Å². The largest absolute Gasteiger partial charge is 0.493 e. The van der Waals surface area contributed by atoms with Crippen LogP contribution in [0.5, 0.6) is 11.5 Å². The average molecular weight is 249 g/mol. The maximum Gasteiger partial charge on any atom is 0.166 e. The predicted molar refractivity (Wildman–Crippen MR) is 73.4 cm³/mol. The highest BCUT2D eigenvalue weighted by molar-refractivity contribution is 5.57. The van der Waals surface area contributed by atoms with Crippen molar-refractivity contribution in [2.75, 3.05) is 14.2 Å². The standard InChI is InChI=1S/C15H23NO2/c1-10-9-12(17-3)14(18-4)13(11(10)2)15(16)7-5-6-8-15/h9H,5-8,16H2,1-4H3. The van der Waals surface area contributed by atoms with Gasteiger partial charge in [0.15, 0.2) is 11.5 Å². The molecule has 1 aliphatic rings. The number of benzene rings is 1. The van der Waals surface area contributed by atoms with E-state index >= 15 is 0 Å². The fourth-order valence-electron chi connectivity index (χ4n) is 3.07. The van der Waals surface area contributed by atoms with Crippen LogP contribution >= 0.6 is 0 Å². The molecule has 0 atom stereocenters. The third kappa shape index (κ3) is 1.97. The molecule has 0 aromatic heterocycles. The summed E-state index contributed by atoms with van der Waals surface area (Å²) in [6.07, 6.45) is 4.43. The van der Waals surface area contributed by atoms with Crippen LogP contribution in [-0.2, 0) is 5.54 Å². The molecule has 1 aromatic rings. The van der Waals surface area contributed by atoms with Crippen LogP contribution in [-0.4, -0.2) is 14.2 Å². The van der Waals surface area contributed by atoms with E-state index in [1.165, 1.54) is 24.0 Å². The lowest BCUT2D eigenvalue weighted by Gasteiger charge is -2.30. The molecular formula is C15H23NO2. The van der Waals surface area contributed by atoms with Crippen LogP contribution in [0, 0.1) is 13.8 Å². The molecule has 0 amide bonds. The van der Waals surface area contributed by atoms with E-state index in [4.69, 9.17) is 15.2 Å². The van der Waals surface area contributed by atoms with Crippen LogP contribution < -0.4 is 15.2 Å². The molecule has 2 N–H and O–H groups in total. The first-order valence-corrected chi connectivity index (χ1v) is 6.55. The second-order valence-electron chi connectivity index (χ2n) is 5.29. The first-order valence-electron chi connectivity index (χ1n) is 6.55. The van der Waals surface area contributed by atoms with Gasteiger partial charge in [0.25, 0.3) is 0 Å². The molecule has 0 aliphatic heterocycles. The number of methoxy groups -OCH3 is 2. The van der Waals surface area contributed by atoms with Crippen LogP contribution in [0.3, 0.4) is 0 Å². The van der Waals surface area contributed by atoms with Gasteiger partial charge in [-0.15, -0.1) is 0 Å². The summed E-state index contributed by atoms with van der Waals surface area (Å²) >= 11 is 0. The summed E-state index contributed by atoms with van der Waals surface area (Å²) < 4.78 is 11.0. The molecule has 2 rings (SSSR count). The average Bonchev–Trinajstić information content (AvgIpc) is 2.79. The van der Waals surface area contributed by atoms with Crippen LogP contribution in [0.2, 0.25) is 0 Å². The van der Waals surface area contributed by atoms with Crippen molar-refractivity contribution in [2.24, 2.45) is 5.73 Å². The van der Waals surface area contributed by atoms with E-state index in [2.05, 4.69) is 13.8 Å². The van der Waals surface area contributed by atoms with Crippen LogP contribution in [0.25, 0.3) is 0 Å². The van der Waals surface area contributed by atoms with E-state index in [1.807, 2.05) is 6.07 Å². The molecule has 0 heterocycles. The Morgan fingerprint density at radius 1 is 1.11 bits per heavy atom. The zero-order chi connectivity index (χ0) is 13.3. The van der Waals surface area contributed by atoms with Crippen LogP contribution in [0.15, 0.2) is 6.07 Å². The van der Waals surface area contributed by atoms with Crippen molar-refractivity contribution in [3.63, 3.8) is 0 Å². The van der Waals surface area contributed by atoms with Crippen molar-refractivity contribution in [1.82, 2.24) is 0 Å². The molecule has 1 saturated carbocycles. The highest BCUT2D eigenvalue weighted by Crippen LogP contribution is 2.46. The molecule has 3 heteroatoms. The summed E-state index contributed by atoms with van der Waals surface area (Å²) in [5, 5.41) is 0. The lowest BCUT2D eigenvalue weighted by atomic mass is 9.83. The van der Waals surface area contributed by atoms with Gasteiger partial charge in [0.2, 0.25) is 0 Å². The zero-order valence-corrected chi connectivity index (χ0v) is 11.8. The summed E-state index contributed by atoms with van der Waals surface area (Å²) in [6.45, 7) is 4.22. The van der Waals surface area contributed by atoms with Gasteiger partial charge in [0.05, 0.1) is 14.2 Å². The molecule has 0 saturated heterocycles. The number of rotatable bonds is 3. The SMILES string of the molecule is COc1cc(C)c(C)c(C2(N)CCCC2)c1OC. The summed E-state index contributed by atoms with van der Waals surface area (Å²) in [4.78, 5) is 0. The molecule has 0 radical (unpaired) electrons. The Balaban J connectivity index is 2.66. The van der Waals surface area contributed by atoms with Crippen LogP contribution in [0.4, 0.5) is 0 Å². The minimum atomic E-state index is -0.255. The van der Waals surface area contributed by atoms with Crippen molar-refractivity contribution < 1.29 is 9.47 Å². The highest BCUT2D eigenvalue weighted by atomic mass is 16.5. The zero-order valence-electron chi connectivity index (χ0n) is 11.8. The molecule has 1 aliphatic carbocycles. The van der Waals surface area contributed by atoms with E-state index in [0.717, 1.165) is 29.9 Å². The Bertz CT molecular complexity index is 448. The Morgan fingerprint density at radius 2 is 1.72 bits per heavy atom. The van der Waals surface area contributed by atoms with Crippen LogP contribution in [0.1, 0.15) is 42.4 Å². The second-order valence-corrected chi connectivity index (χ2v) is 5.29. The number of nitrogens with two attached hydrogens (primary N) is 1. The minimum Gasteiger partial charge on any atom is -0.493 e. The van der Waals surface area contributed by atoms with Gasteiger partial charge in [-0.05, 0) is 43.9 Å². The van der Waals surface area contributed by atoms with Crippen molar-refractivity contribution in [1.29, 1.82) is 0 Å². The molecule has 1 fully saturated rings. The van der Waals surface area contributed by atoms with Gasteiger partial charge >= 0.3 is 0 Å². The third-order valence-electron chi connectivity index (χ3n) is 4.18. The summed E-state index contributed by atoms with van der Waals surface area (Å²) in [5.74, 6) is 1.59. The topological polar surface area (TPSA) is 44.5 Å². The second kappa shape index (κ2) is 4.81. The van der Waals surface area contributed by atoms with E-state index in [1.54, 1.807) is 14.2 Å². The van der Waals surface area contributed by atoms with Crippen molar-refractivity contribution in [3.8, 4) is 11.5 Å². The third-order valence-corrected chi connectivity index (χ3v) is 4.18. The molecule has 3 nitrogen and oxygen atoms in total. The van der Waals surface area contributed by atoms with Crippen molar-refractivity contribution >= 4 is 0 Å². The fraction of sp³-hybridized carbons (Fsp3) is 0.600. The molecule has 18 heavy (non-hydrogen) atoms. The molecule has 0 bridgehead atoms. The number of hydrogen-bond donors (Lipinski definition) is 1. The van der Waals surface area contributed by atoms with Crippen molar-refractivity contribution in [2.45, 2.75) is 45.1 Å². The number of aryl methyl sites for hydroxylation is 1. The van der Waals surface area contributed by atoms with Gasteiger partial charge in [0.1, 0.15) is 0 Å².